The van der Waals surface area contributed by atoms with E-state index in [1.165, 1.54) is 0 Å². The van der Waals surface area contributed by atoms with Gasteiger partial charge < -0.3 is 18.6 Å². The first-order valence-corrected chi connectivity index (χ1v) is 10.6. The summed E-state index contributed by atoms with van der Waals surface area (Å²) in [6.07, 6.45) is 1.04. The normalized spacial score (nSPS) is 19.8. The molecule has 2 atom stereocenters. The van der Waals surface area contributed by atoms with E-state index in [2.05, 4.69) is 31.9 Å². The molecule has 5 rings (SSSR count). The molecule has 1 aromatic carbocycles. The van der Waals surface area contributed by atoms with Gasteiger partial charge in [0.2, 0.25) is 17.5 Å². The molecule has 4 heterocycles. The molecular formula is C22H19BrN4O3. The van der Waals surface area contributed by atoms with Crippen molar-refractivity contribution in [1.82, 2.24) is 9.55 Å². The number of nitriles is 1. The fourth-order valence-electron chi connectivity index (χ4n) is 4.44. The lowest BCUT2D eigenvalue weighted by atomic mass is 9.83. The van der Waals surface area contributed by atoms with Crippen molar-refractivity contribution in [2.24, 2.45) is 5.92 Å². The van der Waals surface area contributed by atoms with E-state index in [4.69, 9.17) is 9.15 Å². The van der Waals surface area contributed by atoms with E-state index in [0.29, 0.717) is 36.5 Å². The predicted octanol–water partition coefficient (Wildman–Crippen LogP) is 3.67. The van der Waals surface area contributed by atoms with Crippen molar-refractivity contribution in [3.63, 3.8) is 0 Å². The minimum Gasteiger partial charge on any atom is -0.484 e. The zero-order chi connectivity index (χ0) is 20.7. The molecule has 2 aliphatic heterocycles. The van der Waals surface area contributed by atoms with Crippen LogP contribution in [-0.2, 0) is 13.2 Å². The van der Waals surface area contributed by atoms with Crippen LogP contribution in [0.1, 0.15) is 29.6 Å². The van der Waals surface area contributed by atoms with Crippen LogP contribution in [0, 0.1) is 17.2 Å². The van der Waals surface area contributed by atoms with Crippen LogP contribution in [0.4, 0.5) is 5.88 Å². The van der Waals surface area contributed by atoms with Gasteiger partial charge in [0, 0.05) is 41.8 Å². The van der Waals surface area contributed by atoms with Crippen LogP contribution < -0.4 is 15.2 Å². The quantitative estimate of drug-likeness (QED) is 0.582. The van der Waals surface area contributed by atoms with Crippen molar-refractivity contribution in [3.05, 3.63) is 74.6 Å². The summed E-state index contributed by atoms with van der Waals surface area (Å²) in [4.78, 5) is 18.6. The van der Waals surface area contributed by atoms with Crippen molar-refractivity contribution >= 4 is 21.8 Å². The van der Waals surface area contributed by atoms with Crippen molar-refractivity contribution < 1.29 is 9.15 Å². The number of pyridine rings is 1. The molecule has 0 saturated carbocycles. The van der Waals surface area contributed by atoms with Gasteiger partial charge in [0.15, 0.2) is 6.61 Å². The average Bonchev–Trinajstić information content (AvgIpc) is 3.17. The van der Waals surface area contributed by atoms with Crippen molar-refractivity contribution in [2.45, 2.75) is 25.5 Å². The second-order valence-corrected chi connectivity index (χ2v) is 8.63. The smallest absolute Gasteiger partial charge is 0.250 e. The van der Waals surface area contributed by atoms with Gasteiger partial charge in [-0.05, 0) is 42.7 Å². The Kier molecular flexibility index (Phi) is 4.83. The molecule has 30 heavy (non-hydrogen) atoms. The molecule has 7 nitrogen and oxygen atoms in total. The third-order valence-corrected chi connectivity index (χ3v) is 6.23. The Bertz CT molecular complexity index is 1180. The summed E-state index contributed by atoms with van der Waals surface area (Å²) in [6.45, 7) is 2.26. The van der Waals surface area contributed by atoms with E-state index in [9.17, 15) is 10.1 Å². The lowest BCUT2D eigenvalue weighted by Crippen LogP contribution is -2.47. The molecule has 1 fully saturated rings. The summed E-state index contributed by atoms with van der Waals surface area (Å²) in [5.74, 6) is 2.12. The number of ether oxygens (including phenoxy) is 1. The van der Waals surface area contributed by atoms with E-state index in [-0.39, 0.29) is 23.8 Å². The Morgan fingerprint density at radius 2 is 2.03 bits per heavy atom. The highest BCUT2D eigenvalue weighted by Gasteiger charge is 2.36. The highest BCUT2D eigenvalue weighted by Crippen LogP contribution is 2.38. The molecule has 2 aromatic heterocycles. The molecule has 0 unspecified atom stereocenters. The van der Waals surface area contributed by atoms with Gasteiger partial charge in [0.05, 0.1) is 0 Å². The van der Waals surface area contributed by atoms with E-state index < -0.39 is 0 Å². The first-order chi connectivity index (χ1) is 14.6. The molecule has 152 valence electrons. The summed E-state index contributed by atoms with van der Waals surface area (Å²) in [5.41, 5.74) is 1.38. The van der Waals surface area contributed by atoms with Crippen LogP contribution in [-0.4, -0.2) is 22.6 Å². The number of oxazole rings is 1. The molecule has 0 aliphatic carbocycles. The molecule has 0 amide bonds. The summed E-state index contributed by atoms with van der Waals surface area (Å²) in [6, 6.07) is 15.1. The number of benzene rings is 1. The summed E-state index contributed by atoms with van der Waals surface area (Å²) in [7, 11) is 0. The third kappa shape index (κ3) is 3.50. The number of halogens is 1. The minimum absolute atomic E-state index is 0.0559. The van der Waals surface area contributed by atoms with Gasteiger partial charge in [-0.3, -0.25) is 4.79 Å². The molecule has 0 N–H and O–H groups in total. The van der Waals surface area contributed by atoms with Crippen LogP contribution in [0.3, 0.4) is 0 Å². The van der Waals surface area contributed by atoms with Gasteiger partial charge in [0.25, 0.3) is 5.56 Å². The maximum atomic E-state index is 12.2. The lowest BCUT2D eigenvalue weighted by molar-refractivity contribution is 0.254. The van der Waals surface area contributed by atoms with Crippen LogP contribution in [0.5, 0.6) is 5.75 Å². The lowest BCUT2D eigenvalue weighted by Gasteiger charge is -2.42. The van der Waals surface area contributed by atoms with Gasteiger partial charge in [-0.25, -0.2) is 0 Å². The molecule has 8 heteroatoms. The Morgan fingerprint density at radius 3 is 2.83 bits per heavy atom. The van der Waals surface area contributed by atoms with E-state index in [1.54, 1.807) is 6.07 Å². The van der Waals surface area contributed by atoms with Crippen LogP contribution in [0.25, 0.3) is 0 Å². The monoisotopic (exact) mass is 466 g/mol. The molecule has 0 spiro atoms. The fourth-order valence-corrected chi connectivity index (χ4v) is 4.71. The number of fused-ring (bicyclic) bond motifs is 4. The van der Waals surface area contributed by atoms with E-state index in [0.717, 1.165) is 23.1 Å². The largest absolute Gasteiger partial charge is 0.484 e. The number of hydrogen-bond acceptors (Lipinski definition) is 6. The van der Waals surface area contributed by atoms with Gasteiger partial charge in [0.1, 0.15) is 11.8 Å². The number of rotatable bonds is 4. The SMILES string of the molecule is N#Cc1nc(COc2ccc(Br)cc2)oc1N1C[C@H]2C[C@@H](C1)c1cccc(=O)n1C2. The van der Waals surface area contributed by atoms with Gasteiger partial charge in [-0.2, -0.15) is 10.2 Å². The Labute approximate surface area is 181 Å². The van der Waals surface area contributed by atoms with Crippen LogP contribution in [0.15, 0.2) is 56.1 Å². The van der Waals surface area contributed by atoms with Crippen molar-refractivity contribution in [1.29, 1.82) is 5.26 Å². The van der Waals surface area contributed by atoms with Gasteiger partial charge in [-0.15, -0.1) is 0 Å². The number of hydrogen-bond donors (Lipinski definition) is 0. The van der Waals surface area contributed by atoms with Crippen LogP contribution in [0.2, 0.25) is 0 Å². The van der Waals surface area contributed by atoms with Crippen LogP contribution >= 0.6 is 15.9 Å². The summed E-state index contributed by atoms with van der Waals surface area (Å²) < 4.78 is 14.6. The van der Waals surface area contributed by atoms with E-state index in [1.807, 2.05) is 41.0 Å². The molecule has 1 saturated heterocycles. The Morgan fingerprint density at radius 1 is 1.20 bits per heavy atom. The highest BCUT2D eigenvalue weighted by molar-refractivity contribution is 9.10. The average molecular weight is 467 g/mol. The second kappa shape index (κ2) is 7.65. The predicted molar refractivity (Wildman–Crippen MR) is 113 cm³/mol. The molecule has 0 radical (unpaired) electrons. The third-order valence-electron chi connectivity index (χ3n) is 5.70. The standard InChI is InChI=1S/C22H19BrN4O3/c23-16-4-6-17(7-5-16)29-13-20-25-18(9-24)22(30-20)26-10-14-8-15(12-26)19-2-1-3-21(28)27(19)11-14/h1-7,14-15H,8,10-13H2/t14-,15+/m1/s1. The maximum Gasteiger partial charge on any atom is 0.250 e. The summed E-state index contributed by atoms with van der Waals surface area (Å²) >= 11 is 3.40. The highest BCUT2D eigenvalue weighted by atomic mass is 79.9. The molecular weight excluding hydrogens is 448 g/mol. The first kappa shape index (κ1) is 18.9. The molecule has 2 aliphatic rings. The maximum absolute atomic E-state index is 12.2. The van der Waals surface area contributed by atoms with Gasteiger partial charge >= 0.3 is 0 Å². The number of nitrogens with zero attached hydrogens (tertiary/aromatic N) is 4. The fraction of sp³-hybridized carbons (Fsp3) is 0.318. The number of piperidine rings is 1. The topological polar surface area (TPSA) is 84.3 Å². The number of aromatic nitrogens is 2. The van der Waals surface area contributed by atoms with Crippen molar-refractivity contribution in [3.8, 4) is 11.8 Å². The van der Waals surface area contributed by atoms with Gasteiger partial charge in [-0.1, -0.05) is 22.0 Å². The molecule has 2 bridgehead atoms. The first-order valence-electron chi connectivity index (χ1n) is 9.83. The Balaban J connectivity index is 1.36. The Hall–Kier alpha value is -3.05. The molecule has 3 aromatic rings. The minimum atomic E-state index is 0.0559. The second-order valence-electron chi connectivity index (χ2n) is 7.72. The zero-order valence-corrected chi connectivity index (χ0v) is 17.7. The zero-order valence-electron chi connectivity index (χ0n) is 16.1. The van der Waals surface area contributed by atoms with Crippen molar-refractivity contribution in [2.75, 3.05) is 18.0 Å². The van der Waals surface area contributed by atoms with E-state index >= 15 is 0 Å². The summed E-state index contributed by atoms with van der Waals surface area (Å²) in [5, 5.41) is 9.58. The number of anilines is 1.